The smallest absolute Gasteiger partial charge is 0.244 e. The van der Waals surface area contributed by atoms with Crippen LogP contribution in [0.3, 0.4) is 0 Å². The highest BCUT2D eigenvalue weighted by atomic mass is 79.9. The lowest BCUT2D eigenvalue weighted by Crippen LogP contribution is -2.21. The zero-order valence-electron chi connectivity index (χ0n) is 13.6. The fourth-order valence-electron chi connectivity index (χ4n) is 2.59. The van der Waals surface area contributed by atoms with Gasteiger partial charge in [-0.15, -0.1) is 0 Å². The predicted octanol–water partition coefficient (Wildman–Crippen LogP) is 5.45. The lowest BCUT2D eigenvalue weighted by Gasteiger charge is -2.08. The number of hydrogen-bond acceptors (Lipinski definition) is 2. The van der Waals surface area contributed by atoms with Crippen LogP contribution in [0.5, 0.6) is 0 Å². The first-order valence-electron chi connectivity index (χ1n) is 7.80. The number of fused-ring (bicyclic) bond motifs is 1. The van der Waals surface area contributed by atoms with Gasteiger partial charge in [0.1, 0.15) is 0 Å². The molecule has 0 saturated heterocycles. The minimum Gasteiger partial charge on any atom is -0.273 e. The number of benzene rings is 3. The maximum Gasteiger partial charge on any atom is 0.244 e. The SMILES string of the molecule is CC(=NNC(=O)Cc1ccc(Br)c2ccccc12)c1ccc(Br)cc1. The largest absolute Gasteiger partial charge is 0.273 e. The van der Waals surface area contributed by atoms with Crippen molar-refractivity contribution in [1.82, 2.24) is 5.43 Å². The van der Waals surface area contributed by atoms with E-state index in [1.807, 2.05) is 67.6 Å². The second-order valence-electron chi connectivity index (χ2n) is 5.67. The third-order valence-corrected chi connectivity index (χ3v) is 5.14. The number of carbonyl (C=O) groups is 1. The number of carbonyl (C=O) groups excluding carboxylic acids is 1. The van der Waals surface area contributed by atoms with Gasteiger partial charge in [-0.05, 0) is 47.0 Å². The normalized spacial score (nSPS) is 11.6. The summed E-state index contributed by atoms with van der Waals surface area (Å²) in [6, 6.07) is 19.8. The summed E-state index contributed by atoms with van der Waals surface area (Å²) in [6.45, 7) is 1.87. The first kappa shape index (κ1) is 17.8. The van der Waals surface area contributed by atoms with Gasteiger partial charge in [-0.3, -0.25) is 4.79 Å². The summed E-state index contributed by atoms with van der Waals surface area (Å²) in [5.74, 6) is -0.135. The first-order chi connectivity index (χ1) is 12.0. The Morgan fingerprint density at radius 1 is 0.960 bits per heavy atom. The van der Waals surface area contributed by atoms with Gasteiger partial charge in [0.15, 0.2) is 0 Å². The zero-order chi connectivity index (χ0) is 17.8. The van der Waals surface area contributed by atoms with Crippen LogP contribution in [0.1, 0.15) is 18.1 Å². The number of nitrogens with one attached hydrogen (secondary N) is 1. The van der Waals surface area contributed by atoms with Crippen molar-refractivity contribution in [2.45, 2.75) is 13.3 Å². The molecule has 0 saturated carbocycles. The van der Waals surface area contributed by atoms with Crippen LogP contribution in [-0.4, -0.2) is 11.6 Å². The van der Waals surface area contributed by atoms with Crippen molar-refractivity contribution < 1.29 is 4.79 Å². The van der Waals surface area contributed by atoms with Crippen LogP contribution in [0.15, 0.2) is 74.7 Å². The average Bonchev–Trinajstić information content (AvgIpc) is 2.63. The molecule has 3 aromatic rings. The molecule has 3 rings (SSSR count). The first-order valence-corrected chi connectivity index (χ1v) is 9.38. The summed E-state index contributed by atoms with van der Waals surface area (Å²) in [7, 11) is 0. The number of nitrogens with zero attached hydrogens (tertiary/aromatic N) is 1. The highest BCUT2D eigenvalue weighted by Crippen LogP contribution is 2.27. The van der Waals surface area contributed by atoms with E-state index in [0.29, 0.717) is 0 Å². The van der Waals surface area contributed by atoms with E-state index in [2.05, 4.69) is 42.4 Å². The summed E-state index contributed by atoms with van der Waals surface area (Å²) in [4.78, 5) is 12.3. The van der Waals surface area contributed by atoms with Gasteiger partial charge < -0.3 is 0 Å². The second-order valence-corrected chi connectivity index (χ2v) is 7.44. The molecular formula is C20H16Br2N2O. The molecular weight excluding hydrogens is 444 g/mol. The molecule has 0 aliphatic rings. The molecule has 0 aliphatic carbocycles. The lowest BCUT2D eigenvalue weighted by atomic mass is 10.0. The third-order valence-electron chi connectivity index (χ3n) is 3.92. The van der Waals surface area contributed by atoms with E-state index >= 15 is 0 Å². The number of hydrogen-bond donors (Lipinski definition) is 1. The quantitative estimate of drug-likeness (QED) is 0.409. The molecule has 0 bridgehead atoms. The zero-order valence-corrected chi connectivity index (χ0v) is 16.8. The Bertz CT molecular complexity index is 950. The van der Waals surface area contributed by atoms with Crippen molar-refractivity contribution in [2.24, 2.45) is 5.10 Å². The van der Waals surface area contributed by atoms with Gasteiger partial charge in [-0.2, -0.15) is 5.10 Å². The van der Waals surface area contributed by atoms with Crippen molar-refractivity contribution in [3.63, 3.8) is 0 Å². The van der Waals surface area contributed by atoms with Gasteiger partial charge in [0, 0.05) is 8.95 Å². The Morgan fingerprint density at radius 3 is 2.36 bits per heavy atom. The number of rotatable bonds is 4. The van der Waals surface area contributed by atoms with Crippen molar-refractivity contribution in [3.05, 3.63) is 80.7 Å². The predicted molar refractivity (Wildman–Crippen MR) is 110 cm³/mol. The van der Waals surface area contributed by atoms with Gasteiger partial charge in [0.05, 0.1) is 12.1 Å². The molecule has 3 aromatic carbocycles. The topological polar surface area (TPSA) is 41.5 Å². The monoisotopic (exact) mass is 458 g/mol. The van der Waals surface area contributed by atoms with Crippen LogP contribution in [-0.2, 0) is 11.2 Å². The van der Waals surface area contributed by atoms with Crippen LogP contribution in [0.2, 0.25) is 0 Å². The molecule has 0 atom stereocenters. The van der Waals surface area contributed by atoms with Crippen molar-refractivity contribution in [3.8, 4) is 0 Å². The van der Waals surface area contributed by atoms with Gasteiger partial charge >= 0.3 is 0 Å². The van der Waals surface area contributed by atoms with E-state index in [1.165, 1.54) is 0 Å². The fourth-order valence-corrected chi connectivity index (χ4v) is 3.34. The molecule has 0 aromatic heterocycles. The minimum absolute atomic E-state index is 0.135. The van der Waals surface area contributed by atoms with E-state index in [9.17, 15) is 4.79 Å². The summed E-state index contributed by atoms with van der Waals surface area (Å²) in [6.07, 6.45) is 0.283. The molecule has 3 nitrogen and oxygen atoms in total. The molecule has 0 heterocycles. The third kappa shape index (κ3) is 4.35. The van der Waals surface area contributed by atoms with E-state index < -0.39 is 0 Å². The Kier molecular flexibility index (Phi) is 5.66. The van der Waals surface area contributed by atoms with E-state index in [0.717, 1.165) is 36.6 Å². The van der Waals surface area contributed by atoms with Crippen LogP contribution >= 0.6 is 31.9 Å². The minimum atomic E-state index is -0.135. The van der Waals surface area contributed by atoms with Crippen molar-refractivity contribution >= 4 is 54.3 Å². The standard InChI is InChI=1S/C20H16Br2N2O/c1-13(14-6-9-16(21)10-7-14)23-24-20(25)12-15-8-11-19(22)18-5-3-2-4-17(15)18/h2-11H,12H2,1H3,(H,24,25). The maximum absolute atomic E-state index is 12.3. The molecule has 5 heteroatoms. The molecule has 1 N–H and O–H groups in total. The Balaban J connectivity index is 1.74. The lowest BCUT2D eigenvalue weighted by molar-refractivity contribution is -0.120. The van der Waals surface area contributed by atoms with Crippen LogP contribution in [0, 0.1) is 0 Å². The Hall–Kier alpha value is -1.98. The molecule has 0 unspecified atom stereocenters. The number of hydrazone groups is 1. The van der Waals surface area contributed by atoms with Crippen LogP contribution in [0.4, 0.5) is 0 Å². The Labute approximate surface area is 163 Å². The molecule has 0 spiro atoms. The van der Waals surface area contributed by atoms with Gasteiger partial charge in [-0.1, -0.05) is 74.3 Å². The maximum atomic E-state index is 12.3. The van der Waals surface area contributed by atoms with E-state index in [4.69, 9.17) is 0 Å². The fraction of sp³-hybridized carbons (Fsp3) is 0.100. The van der Waals surface area contributed by atoms with E-state index in [-0.39, 0.29) is 12.3 Å². The molecule has 25 heavy (non-hydrogen) atoms. The number of amides is 1. The molecule has 126 valence electrons. The molecule has 0 radical (unpaired) electrons. The summed E-state index contributed by atoms with van der Waals surface area (Å²) in [5.41, 5.74) is 5.36. The van der Waals surface area contributed by atoms with Crippen LogP contribution in [0.25, 0.3) is 10.8 Å². The summed E-state index contributed by atoms with van der Waals surface area (Å²) in [5, 5.41) is 6.38. The summed E-state index contributed by atoms with van der Waals surface area (Å²) >= 11 is 6.96. The van der Waals surface area contributed by atoms with E-state index in [1.54, 1.807) is 0 Å². The van der Waals surface area contributed by atoms with Gasteiger partial charge in [0.25, 0.3) is 0 Å². The van der Waals surface area contributed by atoms with Crippen LogP contribution < -0.4 is 5.43 Å². The second kappa shape index (κ2) is 7.93. The van der Waals surface area contributed by atoms with Gasteiger partial charge in [0.2, 0.25) is 5.91 Å². The van der Waals surface area contributed by atoms with Gasteiger partial charge in [-0.25, -0.2) is 5.43 Å². The van der Waals surface area contributed by atoms with Crippen molar-refractivity contribution in [1.29, 1.82) is 0 Å². The molecule has 1 amide bonds. The summed E-state index contributed by atoms with van der Waals surface area (Å²) < 4.78 is 2.03. The van der Waals surface area contributed by atoms with Crippen molar-refractivity contribution in [2.75, 3.05) is 0 Å². The molecule has 0 aliphatic heterocycles. The highest BCUT2D eigenvalue weighted by Gasteiger charge is 2.08. The Morgan fingerprint density at radius 2 is 1.64 bits per heavy atom. The highest BCUT2D eigenvalue weighted by molar-refractivity contribution is 9.11. The number of halogens is 2. The molecule has 0 fully saturated rings. The average molecular weight is 460 g/mol.